The van der Waals surface area contributed by atoms with Gasteiger partial charge in [0.15, 0.2) is 5.96 Å². The van der Waals surface area contributed by atoms with Gasteiger partial charge in [-0.15, -0.1) is 24.0 Å². The van der Waals surface area contributed by atoms with Gasteiger partial charge in [0.2, 0.25) is 5.91 Å². The minimum Gasteiger partial charge on any atom is -0.466 e. The van der Waals surface area contributed by atoms with Crippen molar-refractivity contribution in [3.05, 3.63) is 23.9 Å². The lowest BCUT2D eigenvalue weighted by molar-refractivity contribution is -0.149. The van der Waals surface area contributed by atoms with Crippen LogP contribution in [0.1, 0.15) is 38.8 Å². The Bertz CT molecular complexity index is 698. The number of nitrogens with zero attached hydrogens (tertiary/aromatic N) is 3. The van der Waals surface area contributed by atoms with Crippen LogP contribution in [0.15, 0.2) is 23.2 Å². The van der Waals surface area contributed by atoms with Crippen LogP contribution in [-0.2, 0) is 14.3 Å². The Hall–Kier alpha value is -1.91. The lowest BCUT2D eigenvalue weighted by Gasteiger charge is -2.34. The zero-order chi connectivity index (χ0) is 20.4. The number of likely N-dealkylation sites (tertiary alicyclic amines) is 1. The summed E-state index contributed by atoms with van der Waals surface area (Å²) in [6, 6.07) is 5.50. The number of carbonyl (C=O) groups is 2. The molecule has 1 aromatic rings. The molecule has 1 unspecified atom stereocenters. The number of hydrogen-bond acceptors (Lipinski definition) is 5. The van der Waals surface area contributed by atoms with Gasteiger partial charge in [0, 0.05) is 31.7 Å². The van der Waals surface area contributed by atoms with E-state index >= 15 is 0 Å². The third-order valence-electron chi connectivity index (χ3n) is 4.43. The maximum atomic E-state index is 12.1. The Kier molecular flexibility index (Phi) is 11.6. The van der Waals surface area contributed by atoms with Gasteiger partial charge in [-0.25, -0.2) is 4.98 Å². The molecule has 9 heteroatoms. The summed E-state index contributed by atoms with van der Waals surface area (Å²) in [6.07, 6.45) is 2.01. The number of hydrogen-bond donors (Lipinski definition) is 2. The molecule has 1 aromatic heterocycles. The summed E-state index contributed by atoms with van der Waals surface area (Å²) in [5.41, 5.74) is 0.853. The molecule has 1 fully saturated rings. The number of piperidine rings is 1. The molecule has 1 amide bonds. The number of aromatic nitrogens is 1. The highest BCUT2D eigenvalue weighted by Crippen LogP contribution is 2.18. The molecular weight excluding hydrogens is 485 g/mol. The van der Waals surface area contributed by atoms with Crippen LogP contribution >= 0.6 is 24.0 Å². The number of amides is 1. The molecule has 8 nitrogen and oxygen atoms in total. The molecule has 1 saturated heterocycles. The number of aliphatic imine (C=N–C) groups is 1. The summed E-state index contributed by atoms with van der Waals surface area (Å²) in [4.78, 5) is 35.1. The molecule has 1 atom stereocenters. The predicted molar refractivity (Wildman–Crippen MR) is 125 cm³/mol. The van der Waals surface area contributed by atoms with Crippen molar-refractivity contribution < 1.29 is 14.3 Å². The lowest BCUT2D eigenvalue weighted by atomic mass is 9.98. The van der Waals surface area contributed by atoms with Crippen LogP contribution in [0.5, 0.6) is 0 Å². The standard InChI is InChI=1S/C20H31N5O3.HI/c1-4-21-20(25-13-7-9-16(14-25)19(27)28-5-2)22-12-11-18(26)24-17-10-6-8-15(3)23-17;/h6,8,10,16H,4-5,7,9,11-14H2,1-3H3,(H,21,22)(H,23,24,26);1H. The van der Waals surface area contributed by atoms with E-state index in [0.717, 1.165) is 37.6 Å². The van der Waals surface area contributed by atoms with Gasteiger partial charge in [-0.1, -0.05) is 6.07 Å². The summed E-state index contributed by atoms with van der Waals surface area (Å²) >= 11 is 0. The average Bonchev–Trinajstić information content (AvgIpc) is 2.67. The van der Waals surface area contributed by atoms with Gasteiger partial charge in [0.25, 0.3) is 0 Å². The van der Waals surface area contributed by atoms with Gasteiger partial charge < -0.3 is 20.3 Å². The number of anilines is 1. The van der Waals surface area contributed by atoms with Crippen molar-refractivity contribution in [2.45, 2.75) is 40.0 Å². The van der Waals surface area contributed by atoms with E-state index in [0.29, 0.717) is 25.5 Å². The van der Waals surface area contributed by atoms with Crippen LogP contribution in [0.25, 0.3) is 0 Å². The number of halogens is 1. The van der Waals surface area contributed by atoms with E-state index in [-0.39, 0.29) is 48.2 Å². The van der Waals surface area contributed by atoms with Gasteiger partial charge in [-0.2, -0.15) is 0 Å². The van der Waals surface area contributed by atoms with Crippen LogP contribution in [0, 0.1) is 12.8 Å². The van der Waals surface area contributed by atoms with Crippen molar-refractivity contribution in [2.75, 3.05) is 38.1 Å². The first-order valence-electron chi connectivity index (χ1n) is 9.96. The molecule has 29 heavy (non-hydrogen) atoms. The summed E-state index contributed by atoms with van der Waals surface area (Å²) in [5.74, 6) is 0.884. The SMILES string of the molecule is CCNC(=NCCC(=O)Nc1cccc(C)n1)N1CCCC(C(=O)OCC)C1.I. The maximum absolute atomic E-state index is 12.1. The fraction of sp³-hybridized carbons (Fsp3) is 0.600. The first-order chi connectivity index (χ1) is 13.5. The third kappa shape index (κ3) is 8.55. The molecule has 0 spiro atoms. The Labute approximate surface area is 189 Å². The predicted octanol–water partition coefficient (Wildman–Crippen LogP) is 2.58. The molecule has 2 N–H and O–H groups in total. The van der Waals surface area contributed by atoms with Crippen molar-refractivity contribution in [1.82, 2.24) is 15.2 Å². The molecule has 2 rings (SSSR count). The zero-order valence-electron chi connectivity index (χ0n) is 17.4. The second kappa shape index (κ2) is 13.3. The van der Waals surface area contributed by atoms with E-state index in [1.807, 2.05) is 32.9 Å². The van der Waals surface area contributed by atoms with E-state index in [4.69, 9.17) is 4.74 Å². The quantitative estimate of drug-likeness (QED) is 0.250. The minimum atomic E-state index is -0.145. The summed E-state index contributed by atoms with van der Waals surface area (Å²) in [6.45, 7) is 8.60. The normalized spacial score (nSPS) is 16.6. The van der Waals surface area contributed by atoms with Crippen molar-refractivity contribution in [1.29, 1.82) is 0 Å². The molecule has 0 radical (unpaired) electrons. The van der Waals surface area contributed by atoms with Gasteiger partial charge in [-0.05, 0) is 45.7 Å². The number of esters is 1. The molecule has 162 valence electrons. The highest BCUT2D eigenvalue weighted by Gasteiger charge is 2.28. The third-order valence-corrected chi connectivity index (χ3v) is 4.43. The minimum absolute atomic E-state index is 0. The van der Waals surface area contributed by atoms with Crippen LogP contribution < -0.4 is 10.6 Å². The largest absolute Gasteiger partial charge is 0.466 e. The smallest absolute Gasteiger partial charge is 0.310 e. The van der Waals surface area contributed by atoms with Gasteiger partial charge in [-0.3, -0.25) is 14.6 Å². The van der Waals surface area contributed by atoms with Crippen molar-refractivity contribution in [3.8, 4) is 0 Å². The van der Waals surface area contributed by atoms with Crippen LogP contribution in [0.4, 0.5) is 5.82 Å². The second-order valence-electron chi connectivity index (χ2n) is 6.74. The molecule has 0 aromatic carbocycles. The van der Waals surface area contributed by atoms with E-state index in [2.05, 4.69) is 25.5 Å². The van der Waals surface area contributed by atoms with Crippen molar-refractivity contribution in [2.24, 2.45) is 10.9 Å². The lowest BCUT2D eigenvalue weighted by Crippen LogP contribution is -2.48. The van der Waals surface area contributed by atoms with Gasteiger partial charge in [0.1, 0.15) is 5.82 Å². The topological polar surface area (TPSA) is 95.9 Å². The van der Waals surface area contributed by atoms with Crippen molar-refractivity contribution >= 4 is 47.6 Å². The number of ether oxygens (including phenoxy) is 1. The highest BCUT2D eigenvalue weighted by molar-refractivity contribution is 14.0. The average molecular weight is 517 g/mol. The van der Waals surface area contributed by atoms with Crippen LogP contribution in [-0.4, -0.2) is 60.5 Å². The summed E-state index contributed by atoms with van der Waals surface area (Å²) < 4.78 is 5.16. The number of guanidine groups is 1. The molecule has 1 aliphatic rings. The summed E-state index contributed by atoms with van der Waals surface area (Å²) in [5, 5.41) is 6.04. The van der Waals surface area contributed by atoms with Crippen LogP contribution in [0.3, 0.4) is 0 Å². The first kappa shape index (κ1) is 25.1. The fourth-order valence-electron chi connectivity index (χ4n) is 3.13. The van der Waals surface area contributed by atoms with Gasteiger partial charge >= 0.3 is 5.97 Å². The Morgan fingerprint density at radius 2 is 2.14 bits per heavy atom. The van der Waals surface area contributed by atoms with E-state index in [1.54, 1.807) is 6.07 Å². The molecular formula is C20H32IN5O3. The number of pyridine rings is 1. The highest BCUT2D eigenvalue weighted by atomic mass is 127. The zero-order valence-corrected chi connectivity index (χ0v) is 19.8. The first-order valence-corrected chi connectivity index (χ1v) is 9.96. The molecule has 0 bridgehead atoms. The Morgan fingerprint density at radius 1 is 1.34 bits per heavy atom. The number of carbonyl (C=O) groups excluding carboxylic acids is 2. The molecule has 0 aliphatic carbocycles. The number of rotatable bonds is 7. The number of aryl methyl sites for hydroxylation is 1. The second-order valence-corrected chi connectivity index (χ2v) is 6.74. The molecule has 0 saturated carbocycles. The Morgan fingerprint density at radius 3 is 2.83 bits per heavy atom. The fourth-order valence-corrected chi connectivity index (χ4v) is 3.13. The van der Waals surface area contributed by atoms with E-state index in [9.17, 15) is 9.59 Å². The van der Waals surface area contributed by atoms with Crippen LogP contribution in [0.2, 0.25) is 0 Å². The maximum Gasteiger partial charge on any atom is 0.310 e. The molecule has 1 aliphatic heterocycles. The Balaban J connectivity index is 0.00000420. The monoisotopic (exact) mass is 517 g/mol. The molecule has 2 heterocycles. The van der Waals surface area contributed by atoms with E-state index in [1.165, 1.54) is 0 Å². The van der Waals surface area contributed by atoms with Crippen molar-refractivity contribution in [3.63, 3.8) is 0 Å². The van der Waals surface area contributed by atoms with E-state index < -0.39 is 0 Å². The van der Waals surface area contributed by atoms with Gasteiger partial charge in [0.05, 0.1) is 19.1 Å². The number of nitrogens with one attached hydrogen (secondary N) is 2. The summed E-state index contributed by atoms with van der Waals surface area (Å²) in [7, 11) is 0.